The quantitative estimate of drug-likeness (QED) is 0.891. The minimum Gasteiger partial charge on any atom is -0.353 e. The Labute approximate surface area is 136 Å². The van der Waals surface area contributed by atoms with Crippen LogP contribution in [-0.2, 0) is 14.8 Å². The molecule has 1 N–H and O–H groups in total. The third kappa shape index (κ3) is 3.88. The summed E-state index contributed by atoms with van der Waals surface area (Å²) < 4.78 is 26.9. The summed E-state index contributed by atoms with van der Waals surface area (Å²) in [6.07, 6.45) is 1.46. The van der Waals surface area contributed by atoms with Gasteiger partial charge in [-0.3, -0.25) is 4.79 Å². The van der Waals surface area contributed by atoms with Gasteiger partial charge in [-0.05, 0) is 37.1 Å². The van der Waals surface area contributed by atoms with E-state index in [4.69, 9.17) is 0 Å². The SMILES string of the molecule is CC(C)[C@@H](C)NC(=O)[C@@H]1CCCN(S(=O)(=O)c2cccs2)C1. The molecule has 1 fully saturated rings. The Balaban J connectivity index is 2.05. The Morgan fingerprint density at radius 2 is 2.14 bits per heavy atom. The number of thiophene rings is 1. The predicted octanol–water partition coefficient (Wildman–Crippen LogP) is 2.31. The first-order chi connectivity index (χ1) is 10.3. The van der Waals surface area contributed by atoms with E-state index in [1.54, 1.807) is 17.5 Å². The first-order valence-corrected chi connectivity index (χ1v) is 9.98. The van der Waals surface area contributed by atoms with Gasteiger partial charge in [-0.25, -0.2) is 8.42 Å². The second-order valence-electron chi connectivity index (χ2n) is 6.18. The van der Waals surface area contributed by atoms with Crippen molar-refractivity contribution in [1.29, 1.82) is 0 Å². The van der Waals surface area contributed by atoms with Gasteiger partial charge < -0.3 is 5.32 Å². The number of sulfonamides is 1. The number of nitrogens with zero attached hydrogens (tertiary/aromatic N) is 1. The molecule has 1 aromatic heterocycles. The highest BCUT2D eigenvalue weighted by atomic mass is 32.2. The zero-order valence-corrected chi connectivity index (χ0v) is 14.9. The molecule has 0 radical (unpaired) electrons. The molecule has 7 heteroatoms. The summed E-state index contributed by atoms with van der Waals surface area (Å²) in [6.45, 7) is 6.85. The number of hydrogen-bond acceptors (Lipinski definition) is 4. The van der Waals surface area contributed by atoms with Crippen LogP contribution in [0.1, 0.15) is 33.6 Å². The van der Waals surface area contributed by atoms with Gasteiger partial charge in [0.1, 0.15) is 4.21 Å². The molecule has 22 heavy (non-hydrogen) atoms. The third-order valence-corrected chi connectivity index (χ3v) is 7.45. The molecule has 0 saturated carbocycles. The number of carbonyl (C=O) groups excluding carboxylic acids is 1. The second kappa shape index (κ2) is 7.10. The molecule has 0 aromatic carbocycles. The van der Waals surface area contributed by atoms with Gasteiger partial charge in [-0.1, -0.05) is 19.9 Å². The van der Waals surface area contributed by atoms with E-state index < -0.39 is 10.0 Å². The van der Waals surface area contributed by atoms with E-state index >= 15 is 0 Å². The minimum atomic E-state index is -3.46. The zero-order valence-electron chi connectivity index (χ0n) is 13.3. The Morgan fingerprint density at radius 3 is 2.73 bits per heavy atom. The van der Waals surface area contributed by atoms with Crippen LogP contribution < -0.4 is 5.32 Å². The van der Waals surface area contributed by atoms with E-state index in [0.29, 0.717) is 16.7 Å². The molecule has 1 saturated heterocycles. The molecule has 1 amide bonds. The predicted molar refractivity (Wildman–Crippen MR) is 88.2 cm³/mol. The van der Waals surface area contributed by atoms with Crippen LogP contribution in [0.2, 0.25) is 0 Å². The Morgan fingerprint density at radius 1 is 1.41 bits per heavy atom. The summed E-state index contributed by atoms with van der Waals surface area (Å²) >= 11 is 1.22. The van der Waals surface area contributed by atoms with Crippen LogP contribution >= 0.6 is 11.3 Å². The Hall–Kier alpha value is -0.920. The van der Waals surface area contributed by atoms with Crippen LogP contribution in [0.4, 0.5) is 0 Å². The van der Waals surface area contributed by atoms with E-state index in [2.05, 4.69) is 19.2 Å². The minimum absolute atomic E-state index is 0.0349. The highest BCUT2D eigenvalue weighted by Crippen LogP contribution is 2.26. The average Bonchev–Trinajstić information content (AvgIpc) is 3.02. The first-order valence-electron chi connectivity index (χ1n) is 7.66. The zero-order chi connectivity index (χ0) is 16.3. The van der Waals surface area contributed by atoms with Gasteiger partial charge in [0, 0.05) is 19.1 Å². The van der Waals surface area contributed by atoms with E-state index in [-0.39, 0.29) is 24.4 Å². The van der Waals surface area contributed by atoms with Crippen molar-refractivity contribution in [3.05, 3.63) is 17.5 Å². The van der Waals surface area contributed by atoms with Crippen molar-refractivity contribution in [2.75, 3.05) is 13.1 Å². The lowest BCUT2D eigenvalue weighted by Crippen LogP contribution is -2.47. The third-order valence-electron chi connectivity index (χ3n) is 4.21. The molecule has 1 aliphatic rings. The van der Waals surface area contributed by atoms with Gasteiger partial charge in [0.2, 0.25) is 5.91 Å². The van der Waals surface area contributed by atoms with Crippen molar-refractivity contribution in [3.8, 4) is 0 Å². The molecule has 0 aliphatic carbocycles. The summed E-state index contributed by atoms with van der Waals surface area (Å²) in [5.74, 6) is 0.0652. The van der Waals surface area contributed by atoms with Gasteiger partial charge in [-0.15, -0.1) is 11.3 Å². The molecule has 2 heterocycles. The van der Waals surface area contributed by atoms with Gasteiger partial charge in [0.15, 0.2) is 0 Å². The maximum absolute atomic E-state index is 12.6. The van der Waals surface area contributed by atoms with E-state index in [1.807, 2.05) is 6.92 Å². The van der Waals surface area contributed by atoms with Crippen LogP contribution in [0.3, 0.4) is 0 Å². The number of nitrogens with one attached hydrogen (secondary N) is 1. The topological polar surface area (TPSA) is 66.5 Å². The lowest BCUT2D eigenvalue weighted by atomic mass is 9.97. The summed E-state index contributed by atoms with van der Waals surface area (Å²) in [7, 11) is -3.46. The van der Waals surface area contributed by atoms with Crippen molar-refractivity contribution in [3.63, 3.8) is 0 Å². The van der Waals surface area contributed by atoms with Crippen LogP contribution in [-0.4, -0.2) is 37.8 Å². The molecule has 1 aromatic rings. The van der Waals surface area contributed by atoms with E-state index in [1.165, 1.54) is 15.6 Å². The molecule has 0 bridgehead atoms. The van der Waals surface area contributed by atoms with Crippen molar-refractivity contribution < 1.29 is 13.2 Å². The fourth-order valence-corrected chi connectivity index (χ4v) is 5.09. The molecule has 124 valence electrons. The molecule has 2 rings (SSSR count). The van der Waals surface area contributed by atoms with E-state index in [0.717, 1.165) is 12.8 Å². The van der Waals surface area contributed by atoms with Crippen LogP contribution in [0.5, 0.6) is 0 Å². The van der Waals surface area contributed by atoms with Crippen LogP contribution in [0, 0.1) is 11.8 Å². The summed E-state index contributed by atoms with van der Waals surface area (Å²) in [6, 6.07) is 3.44. The molecular formula is C15H24N2O3S2. The van der Waals surface area contributed by atoms with E-state index in [9.17, 15) is 13.2 Å². The summed E-state index contributed by atoms with van der Waals surface area (Å²) in [5.41, 5.74) is 0. The lowest BCUT2D eigenvalue weighted by molar-refractivity contribution is -0.127. The second-order valence-corrected chi connectivity index (χ2v) is 9.29. The largest absolute Gasteiger partial charge is 0.353 e. The van der Waals surface area contributed by atoms with Crippen molar-refractivity contribution >= 4 is 27.3 Å². The van der Waals surface area contributed by atoms with Crippen LogP contribution in [0.25, 0.3) is 0 Å². The number of hydrogen-bond donors (Lipinski definition) is 1. The van der Waals surface area contributed by atoms with Gasteiger partial charge >= 0.3 is 0 Å². The van der Waals surface area contributed by atoms with Gasteiger partial charge in [0.05, 0.1) is 5.92 Å². The van der Waals surface area contributed by atoms with Crippen molar-refractivity contribution in [2.24, 2.45) is 11.8 Å². The normalized spacial score (nSPS) is 21.7. The van der Waals surface area contributed by atoms with Crippen molar-refractivity contribution in [2.45, 2.75) is 43.9 Å². The maximum Gasteiger partial charge on any atom is 0.252 e. The summed E-state index contributed by atoms with van der Waals surface area (Å²) in [4.78, 5) is 12.3. The number of piperidine rings is 1. The standard InChI is InChI=1S/C15H24N2O3S2/c1-11(2)12(3)16-15(18)13-6-4-8-17(10-13)22(19,20)14-7-5-9-21-14/h5,7,9,11-13H,4,6,8,10H2,1-3H3,(H,16,18)/t12-,13-/m1/s1. The summed E-state index contributed by atoms with van der Waals surface area (Å²) in [5, 5.41) is 4.75. The molecule has 2 atom stereocenters. The Bertz CT molecular complexity index is 596. The molecular weight excluding hydrogens is 320 g/mol. The smallest absolute Gasteiger partial charge is 0.252 e. The van der Waals surface area contributed by atoms with Crippen LogP contribution in [0.15, 0.2) is 21.7 Å². The molecule has 0 spiro atoms. The molecule has 0 unspecified atom stereocenters. The fraction of sp³-hybridized carbons (Fsp3) is 0.667. The molecule has 1 aliphatic heterocycles. The lowest BCUT2D eigenvalue weighted by Gasteiger charge is -2.31. The molecule has 5 nitrogen and oxygen atoms in total. The van der Waals surface area contributed by atoms with Gasteiger partial charge in [0.25, 0.3) is 10.0 Å². The monoisotopic (exact) mass is 344 g/mol. The fourth-order valence-electron chi connectivity index (χ4n) is 2.42. The average molecular weight is 345 g/mol. The number of rotatable bonds is 5. The highest BCUT2D eigenvalue weighted by molar-refractivity contribution is 7.91. The number of amides is 1. The van der Waals surface area contributed by atoms with Crippen molar-refractivity contribution in [1.82, 2.24) is 9.62 Å². The number of carbonyl (C=O) groups is 1. The Kier molecular flexibility index (Phi) is 5.63. The van der Waals surface area contributed by atoms with Gasteiger partial charge in [-0.2, -0.15) is 4.31 Å². The first kappa shape index (κ1) is 17.4. The highest BCUT2D eigenvalue weighted by Gasteiger charge is 2.34. The maximum atomic E-state index is 12.6.